The summed E-state index contributed by atoms with van der Waals surface area (Å²) in [4.78, 5) is -0.406. The van der Waals surface area contributed by atoms with Crippen molar-refractivity contribution < 1.29 is 26.0 Å². The summed E-state index contributed by atoms with van der Waals surface area (Å²) in [5, 5.41) is 0. The molecule has 3 rings (SSSR count). The van der Waals surface area contributed by atoms with Crippen molar-refractivity contribution in [1.82, 2.24) is 4.31 Å². The highest BCUT2D eigenvalue weighted by Gasteiger charge is 2.39. The first-order valence-corrected chi connectivity index (χ1v) is 9.47. The van der Waals surface area contributed by atoms with Gasteiger partial charge >= 0.3 is 6.18 Å². The smallest absolute Gasteiger partial charge is 0.207 e. The van der Waals surface area contributed by atoms with Crippen molar-refractivity contribution in [3.63, 3.8) is 0 Å². The van der Waals surface area contributed by atoms with Crippen LogP contribution in [0.4, 0.5) is 17.6 Å². The van der Waals surface area contributed by atoms with Crippen LogP contribution in [0.5, 0.6) is 0 Å². The second kappa shape index (κ2) is 6.66. The van der Waals surface area contributed by atoms with Gasteiger partial charge in [-0.3, -0.25) is 0 Å². The van der Waals surface area contributed by atoms with Crippen LogP contribution in [0.25, 0.3) is 0 Å². The molecule has 26 heavy (non-hydrogen) atoms. The SMILES string of the molecule is Cc1ccc(F)c(S(=O)(=O)N(Cc2ccc(C(F)(F)F)cc2)C2CC2)c1. The first kappa shape index (κ1) is 18.8. The summed E-state index contributed by atoms with van der Waals surface area (Å²) in [6.45, 7) is 1.56. The minimum absolute atomic E-state index is 0.0987. The zero-order chi connectivity index (χ0) is 19.1. The van der Waals surface area contributed by atoms with Gasteiger partial charge in [-0.25, -0.2) is 12.8 Å². The van der Waals surface area contributed by atoms with Crippen LogP contribution < -0.4 is 0 Å². The Morgan fingerprint density at radius 2 is 1.69 bits per heavy atom. The quantitative estimate of drug-likeness (QED) is 0.708. The summed E-state index contributed by atoms with van der Waals surface area (Å²) >= 11 is 0. The Hall–Kier alpha value is -1.93. The molecular formula is C18H17F4NO2S. The molecule has 0 heterocycles. The fourth-order valence-electron chi connectivity index (χ4n) is 2.69. The summed E-state index contributed by atoms with van der Waals surface area (Å²) in [5.74, 6) is -0.839. The molecule has 0 saturated heterocycles. The maximum absolute atomic E-state index is 14.1. The normalized spacial score (nSPS) is 15.5. The van der Waals surface area contributed by atoms with Gasteiger partial charge in [-0.1, -0.05) is 18.2 Å². The molecule has 0 N–H and O–H groups in total. The molecule has 0 bridgehead atoms. The maximum atomic E-state index is 14.1. The Morgan fingerprint density at radius 3 is 2.23 bits per heavy atom. The van der Waals surface area contributed by atoms with Crippen LogP contribution in [0, 0.1) is 12.7 Å². The zero-order valence-corrected chi connectivity index (χ0v) is 14.7. The van der Waals surface area contributed by atoms with Crippen LogP contribution in [-0.4, -0.2) is 18.8 Å². The number of sulfonamides is 1. The maximum Gasteiger partial charge on any atom is 0.416 e. The average molecular weight is 387 g/mol. The Kier molecular flexibility index (Phi) is 4.83. The standard InChI is InChI=1S/C18H17F4NO2S/c1-12-2-9-16(19)17(10-12)26(24,25)23(15-7-8-15)11-13-3-5-14(6-4-13)18(20,21)22/h2-6,9-10,15H,7-8,11H2,1H3. The zero-order valence-electron chi connectivity index (χ0n) is 13.9. The highest BCUT2D eigenvalue weighted by atomic mass is 32.2. The van der Waals surface area contributed by atoms with Crippen LogP contribution in [0.3, 0.4) is 0 Å². The Bertz CT molecular complexity index is 904. The summed E-state index contributed by atoms with van der Waals surface area (Å²) in [7, 11) is -4.09. The third kappa shape index (κ3) is 3.91. The first-order valence-electron chi connectivity index (χ1n) is 8.03. The van der Waals surface area contributed by atoms with Gasteiger partial charge in [-0.2, -0.15) is 17.5 Å². The molecule has 1 aliphatic carbocycles. The predicted octanol–water partition coefficient (Wildman–Crippen LogP) is 4.51. The lowest BCUT2D eigenvalue weighted by Gasteiger charge is -2.23. The Balaban J connectivity index is 1.91. The van der Waals surface area contributed by atoms with Gasteiger partial charge in [-0.15, -0.1) is 0 Å². The summed E-state index contributed by atoms with van der Waals surface area (Å²) in [6, 6.07) is 7.92. The van der Waals surface area contributed by atoms with Crippen LogP contribution in [0.15, 0.2) is 47.4 Å². The molecule has 3 nitrogen and oxygen atoms in total. The molecule has 0 aliphatic heterocycles. The van der Waals surface area contributed by atoms with E-state index in [0.29, 0.717) is 24.0 Å². The fraction of sp³-hybridized carbons (Fsp3) is 0.333. The number of rotatable bonds is 5. The monoisotopic (exact) mass is 387 g/mol. The molecule has 0 unspecified atom stereocenters. The molecule has 140 valence electrons. The number of benzene rings is 2. The third-order valence-corrected chi connectivity index (χ3v) is 6.16. The summed E-state index contributed by atoms with van der Waals surface area (Å²) in [6.07, 6.45) is -3.16. The van der Waals surface area contributed by atoms with E-state index in [0.717, 1.165) is 18.2 Å². The molecule has 2 aromatic rings. The molecule has 1 saturated carbocycles. The van der Waals surface area contributed by atoms with Gasteiger partial charge in [0.2, 0.25) is 10.0 Å². The molecule has 0 aromatic heterocycles. The molecule has 0 radical (unpaired) electrons. The first-order chi connectivity index (χ1) is 12.1. The van der Waals surface area contributed by atoms with Crippen molar-refractivity contribution >= 4 is 10.0 Å². The number of alkyl halides is 3. The van der Waals surface area contributed by atoms with E-state index < -0.39 is 32.5 Å². The largest absolute Gasteiger partial charge is 0.416 e. The minimum Gasteiger partial charge on any atom is -0.207 e. The van der Waals surface area contributed by atoms with Crippen LogP contribution in [-0.2, 0) is 22.7 Å². The number of halogens is 4. The van der Waals surface area contributed by atoms with Crippen molar-refractivity contribution in [3.8, 4) is 0 Å². The van der Waals surface area contributed by atoms with E-state index in [2.05, 4.69) is 0 Å². The molecule has 1 aliphatic rings. The minimum atomic E-state index is -4.45. The van der Waals surface area contributed by atoms with E-state index in [1.165, 1.54) is 28.6 Å². The molecular weight excluding hydrogens is 370 g/mol. The Morgan fingerprint density at radius 1 is 1.08 bits per heavy atom. The number of hydrogen-bond acceptors (Lipinski definition) is 2. The average Bonchev–Trinajstić information content (AvgIpc) is 3.39. The number of aryl methyl sites for hydroxylation is 1. The lowest BCUT2D eigenvalue weighted by Crippen LogP contribution is -2.33. The lowest BCUT2D eigenvalue weighted by molar-refractivity contribution is -0.137. The van der Waals surface area contributed by atoms with E-state index in [9.17, 15) is 26.0 Å². The van der Waals surface area contributed by atoms with Crippen LogP contribution in [0.1, 0.15) is 29.5 Å². The molecule has 0 atom stereocenters. The Labute approximate surface area is 149 Å². The second-order valence-electron chi connectivity index (χ2n) is 6.41. The highest BCUT2D eigenvalue weighted by Crippen LogP contribution is 2.35. The van der Waals surface area contributed by atoms with E-state index in [-0.39, 0.29) is 12.6 Å². The van der Waals surface area contributed by atoms with Gasteiger partial charge in [-0.05, 0) is 55.2 Å². The number of nitrogens with zero attached hydrogens (tertiary/aromatic N) is 1. The van der Waals surface area contributed by atoms with Crippen molar-refractivity contribution in [1.29, 1.82) is 0 Å². The van der Waals surface area contributed by atoms with E-state index in [4.69, 9.17) is 0 Å². The predicted molar refractivity (Wildman–Crippen MR) is 88.3 cm³/mol. The van der Waals surface area contributed by atoms with Crippen molar-refractivity contribution in [2.45, 2.75) is 43.4 Å². The molecule has 8 heteroatoms. The summed E-state index contributed by atoms with van der Waals surface area (Å²) < 4.78 is 79.1. The topological polar surface area (TPSA) is 37.4 Å². The van der Waals surface area contributed by atoms with Gasteiger partial charge in [0, 0.05) is 12.6 Å². The molecule has 0 spiro atoms. The van der Waals surface area contributed by atoms with Crippen molar-refractivity contribution in [2.75, 3.05) is 0 Å². The van der Waals surface area contributed by atoms with E-state index >= 15 is 0 Å². The van der Waals surface area contributed by atoms with E-state index in [1.54, 1.807) is 6.92 Å². The molecule has 1 fully saturated rings. The molecule has 0 amide bonds. The molecule has 2 aromatic carbocycles. The van der Waals surface area contributed by atoms with Crippen molar-refractivity contribution in [3.05, 3.63) is 65.0 Å². The highest BCUT2D eigenvalue weighted by molar-refractivity contribution is 7.89. The van der Waals surface area contributed by atoms with Gasteiger partial charge in [0.1, 0.15) is 10.7 Å². The fourth-order valence-corrected chi connectivity index (χ4v) is 4.51. The van der Waals surface area contributed by atoms with Gasteiger partial charge < -0.3 is 0 Å². The third-order valence-electron chi connectivity index (χ3n) is 4.25. The summed E-state index contributed by atoms with van der Waals surface area (Å²) in [5.41, 5.74) is 0.226. The lowest BCUT2D eigenvalue weighted by atomic mass is 10.1. The van der Waals surface area contributed by atoms with Gasteiger partial charge in [0.25, 0.3) is 0 Å². The van der Waals surface area contributed by atoms with Crippen LogP contribution in [0.2, 0.25) is 0 Å². The van der Waals surface area contributed by atoms with Crippen LogP contribution >= 0.6 is 0 Å². The van der Waals surface area contributed by atoms with Crippen molar-refractivity contribution in [2.24, 2.45) is 0 Å². The number of hydrogen-bond donors (Lipinski definition) is 0. The van der Waals surface area contributed by atoms with Gasteiger partial charge in [0.15, 0.2) is 0 Å². The van der Waals surface area contributed by atoms with Gasteiger partial charge in [0.05, 0.1) is 5.56 Å². The van der Waals surface area contributed by atoms with E-state index in [1.807, 2.05) is 0 Å². The second-order valence-corrected chi connectivity index (χ2v) is 8.27.